The fourth-order valence-electron chi connectivity index (χ4n) is 3.66. The van der Waals surface area contributed by atoms with E-state index in [2.05, 4.69) is 27.4 Å². The van der Waals surface area contributed by atoms with Crippen molar-refractivity contribution in [3.8, 4) is 0 Å². The first-order chi connectivity index (χ1) is 15.6. The number of para-hydroxylation sites is 2. The summed E-state index contributed by atoms with van der Waals surface area (Å²) < 4.78 is 1.18. The van der Waals surface area contributed by atoms with Crippen LogP contribution in [0.3, 0.4) is 0 Å². The molecule has 0 unspecified atom stereocenters. The lowest BCUT2D eigenvalue weighted by Crippen LogP contribution is -2.49. The van der Waals surface area contributed by atoms with Crippen molar-refractivity contribution < 1.29 is 9.59 Å². The van der Waals surface area contributed by atoms with E-state index in [1.54, 1.807) is 12.1 Å². The third-order valence-corrected chi connectivity index (χ3v) is 5.42. The Hall–Kier alpha value is -3.94. The predicted octanol–water partition coefficient (Wildman–Crippen LogP) is 2.23. The third kappa shape index (κ3) is 5.21. The topological polar surface area (TPSA) is 87.5 Å². The molecule has 32 heavy (non-hydrogen) atoms. The van der Waals surface area contributed by atoms with E-state index >= 15 is 0 Å². The highest BCUT2D eigenvalue weighted by molar-refractivity contribution is 6.02. The van der Waals surface area contributed by atoms with Crippen molar-refractivity contribution in [2.45, 2.75) is 13.0 Å². The van der Waals surface area contributed by atoms with Gasteiger partial charge in [0.15, 0.2) is 0 Å². The second kappa shape index (κ2) is 9.91. The van der Waals surface area contributed by atoms with Gasteiger partial charge in [-0.15, -0.1) is 0 Å². The fraction of sp³-hybridized carbons (Fsp3) is 0.250. The molecule has 2 heterocycles. The molecular weight excluding hydrogens is 406 g/mol. The van der Waals surface area contributed by atoms with Crippen LogP contribution < -0.4 is 15.8 Å². The molecule has 4 rings (SSSR count). The van der Waals surface area contributed by atoms with Crippen molar-refractivity contribution in [3.63, 3.8) is 0 Å². The number of nitrogens with one attached hydrogen (secondary N) is 1. The molecule has 1 aliphatic rings. The number of amides is 2. The molecule has 8 heteroatoms. The Bertz CT molecular complexity index is 1120. The molecule has 1 saturated heterocycles. The summed E-state index contributed by atoms with van der Waals surface area (Å²) in [5, 5.41) is 6.89. The second-order valence-corrected chi connectivity index (χ2v) is 7.55. The molecule has 1 aliphatic heterocycles. The van der Waals surface area contributed by atoms with E-state index in [9.17, 15) is 14.4 Å². The van der Waals surface area contributed by atoms with Crippen molar-refractivity contribution in [1.82, 2.24) is 14.7 Å². The standard InChI is InChI=1S/C24H25N5O3/c30-22(28-17-15-27(16-18-28)20-9-5-2-6-10-20)13-14-29-23(31)12-11-21(26-29)24(32)25-19-7-3-1-4-8-19/h1-12H,13-18H2,(H,25,32). The van der Waals surface area contributed by atoms with Gasteiger partial charge in [-0.1, -0.05) is 36.4 Å². The van der Waals surface area contributed by atoms with Gasteiger partial charge >= 0.3 is 0 Å². The molecule has 0 saturated carbocycles. The first-order valence-electron chi connectivity index (χ1n) is 10.6. The maximum atomic E-state index is 12.7. The lowest BCUT2D eigenvalue weighted by molar-refractivity contribution is -0.131. The Morgan fingerprint density at radius 3 is 2.19 bits per heavy atom. The lowest BCUT2D eigenvalue weighted by atomic mass is 10.2. The van der Waals surface area contributed by atoms with Gasteiger partial charge in [0, 0.05) is 50.0 Å². The van der Waals surface area contributed by atoms with Gasteiger partial charge in [0.2, 0.25) is 5.91 Å². The number of piperazine rings is 1. The summed E-state index contributed by atoms with van der Waals surface area (Å²) in [4.78, 5) is 41.4. The Kier molecular flexibility index (Phi) is 6.60. The normalized spacial score (nSPS) is 13.6. The molecule has 3 aromatic rings. The number of carbonyl (C=O) groups is 2. The molecule has 2 aromatic carbocycles. The average Bonchev–Trinajstić information content (AvgIpc) is 2.84. The number of aromatic nitrogens is 2. The average molecular weight is 431 g/mol. The number of hydrogen-bond acceptors (Lipinski definition) is 5. The van der Waals surface area contributed by atoms with Crippen LogP contribution in [0.4, 0.5) is 11.4 Å². The summed E-state index contributed by atoms with van der Waals surface area (Å²) >= 11 is 0. The highest BCUT2D eigenvalue weighted by Crippen LogP contribution is 2.16. The zero-order valence-corrected chi connectivity index (χ0v) is 17.7. The summed E-state index contributed by atoms with van der Waals surface area (Å²) in [7, 11) is 0. The minimum absolute atomic E-state index is 0.0226. The number of aryl methyl sites for hydroxylation is 1. The minimum Gasteiger partial charge on any atom is -0.368 e. The van der Waals surface area contributed by atoms with Crippen LogP contribution >= 0.6 is 0 Å². The summed E-state index contributed by atoms with van der Waals surface area (Å²) in [6, 6.07) is 21.8. The Morgan fingerprint density at radius 2 is 1.50 bits per heavy atom. The summed E-state index contributed by atoms with van der Waals surface area (Å²) in [5.41, 5.74) is 1.57. The number of rotatable bonds is 6. The van der Waals surface area contributed by atoms with Crippen LogP contribution in [-0.4, -0.2) is 52.7 Å². The van der Waals surface area contributed by atoms with E-state index in [1.807, 2.05) is 41.3 Å². The van der Waals surface area contributed by atoms with E-state index in [0.717, 1.165) is 18.8 Å². The number of hydrogen-bond donors (Lipinski definition) is 1. The Labute approximate surface area is 186 Å². The molecule has 1 aromatic heterocycles. The van der Waals surface area contributed by atoms with Gasteiger partial charge < -0.3 is 15.1 Å². The quantitative estimate of drug-likeness (QED) is 0.647. The van der Waals surface area contributed by atoms with Gasteiger partial charge in [0.1, 0.15) is 5.69 Å². The zero-order valence-electron chi connectivity index (χ0n) is 17.7. The number of nitrogens with zero attached hydrogens (tertiary/aromatic N) is 4. The zero-order chi connectivity index (χ0) is 22.3. The number of anilines is 2. The maximum absolute atomic E-state index is 12.7. The van der Waals surface area contributed by atoms with Crippen molar-refractivity contribution >= 4 is 23.2 Å². The molecule has 8 nitrogen and oxygen atoms in total. The van der Waals surface area contributed by atoms with Gasteiger partial charge in [0.05, 0.1) is 6.54 Å². The number of benzene rings is 2. The van der Waals surface area contributed by atoms with Crippen LogP contribution in [0.25, 0.3) is 0 Å². The Balaban J connectivity index is 1.32. The lowest BCUT2D eigenvalue weighted by Gasteiger charge is -2.36. The van der Waals surface area contributed by atoms with Gasteiger partial charge in [-0.05, 0) is 30.3 Å². The Morgan fingerprint density at radius 1 is 0.844 bits per heavy atom. The van der Waals surface area contributed by atoms with E-state index in [0.29, 0.717) is 18.8 Å². The molecule has 2 amide bonds. The summed E-state index contributed by atoms with van der Waals surface area (Å²) in [6.45, 7) is 2.93. The molecule has 164 valence electrons. The van der Waals surface area contributed by atoms with E-state index in [1.165, 1.54) is 16.8 Å². The molecule has 0 radical (unpaired) electrons. The van der Waals surface area contributed by atoms with Crippen LogP contribution in [0.1, 0.15) is 16.9 Å². The summed E-state index contributed by atoms with van der Waals surface area (Å²) in [5.74, 6) is -0.432. The molecule has 0 spiro atoms. The highest BCUT2D eigenvalue weighted by Gasteiger charge is 2.21. The van der Waals surface area contributed by atoms with Crippen LogP contribution in [0.2, 0.25) is 0 Å². The molecule has 1 N–H and O–H groups in total. The van der Waals surface area contributed by atoms with Crippen LogP contribution in [0, 0.1) is 0 Å². The second-order valence-electron chi connectivity index (χ2n) is 7.55. The van der Waals surface area contributed by atoms with Gasteiger partial charge in [-0.3, -0.25) is 14.4 Å². The molecule has 0 bridgehead atoms. The van der Waals surface area contributed by atoms with E-state index in [-0.39, 0.29) is 30.1 Å². The van der Waals surface area contributed by atoms with Crippen LogP contribution in [-0.2, 0) is 11.3 Å². The van der Waals surface area contributed by atoms with E-state index < -0.39 is 5.91 Å². The van der Waals surface area contributed by atoms with Crippen molar-refractivity contribution in [2.24, 2.45) is 0 Å². The van der Waals surface area contributed by atoms with E-state index in [4.69, 9.17) is 0 Å². The SMILES string of the molecule is O=C(Nc1ccccc1)c1ccc(=O)n(CCC(=O)N2CCN(c3ccccc3)CC2)n1. The van der Waals surface area contributed by atoms with Crippen LogP contribution in [0.15, 0.2) is 77.6 Å². The monoisotopic (exact) mass is 431 g/mol. The van der Waals surface area contributed by atoms with Crippen molar-refractivity contribution in [1.29, 1.82) is 0 Å². The molecule has 0 aliphatic carbocycles. The fourth-order valence-corrected chi connectivity index (χ4v) is 3.66. The smallest absolute Gasteiger partial charge is 0.276 e. The maximum Gasteiger partial charge on any atom is 0.276 e. The van der Waals surface area contributed by atoms with Gasteiger partial charge in [-0.25, -0.2) is 4.68 Å². The molecular formula is C24H25N5O3. The number of carbonyl (C=O) groups excluding carboxylic acids is 2. The largest absolute Gasteiger partial charge is 0.368 e. The van der Waals surface area contributed by atoms with Crippen LogP contribution in [0.5, 0.6) is 0 Å². The molecule has 1 fully saturated rings. The van der Waals surface area contributed by atoms with Gasteiger partial charge in [0.25, 0.3) is 11.5 Å². The molecule has 0 atom stereocenters. The van der Waals surface area contributed by atoms with Gasteiger partial charge in [-0.2, -0.15) is 5.10 Å². The summed E-state index contributed by atoms with van der Waals surface area (Å²) in [6.07, 6.45) is 0.155. The highest BCUT2D eigenvalue weighted by atomic mass is 16.2. The van der Waals surface area contributed by atoms with Crippen molar-refractivity contribution in [3.05, 3.63) is 88.8 Å². The first-order valence-corrected chi connectivity index (χ1v) is 10.6. The predicted molar refractivity (Wildman–Crippen MR) is 123 cm³/mol. The third-order valence-electron chi connectivity index (χ3n) is 5.42. The first kappa shape index (κ1) is 21.3. The minimum atomic E-state index is -0.409. The van der Waals surface area contributed by atoms with Crippen molar-refractivity contribution in [2.75, 3.05) is 36.4 Å².